The quantitative estimate of drug-likeness (QED) is 0.867. The lowest BCUT2D eigenvalue weighted by Crippen LogP contribution is -2.52. The highest BCUT2D eigenvalue weighted by Gasteiger charge is 2.45. The average Bonchev–Trinajstić information content (AvgIpc) is 3.07. The van der Waals surface area contributed by atoms with Crippen molar-refractivity contribution in [3.8, 4) is 0 Å². The average molecular weight is 375 g/mol. The summed E-state index contributed by atoms with van der Waals surface area (Å²) < 4.78 is 0. The Bertz CT molecular complexity index is 638. The van der Waals surface area contributed by atoms with Gasteiger partial charge < -0.3 is 10.2 Å². The Balaban J connectivity index is 1.86. The van der Waals surface area contributed by atoms with Gasteiger partial charge in [-0.15, -0.1) is 11.8 Å². The Hall–Kier alpha value is -1.49. The van der Waals surface area contributed by atoms with E-state index in [1.54, 1.807) is 11.8 Å². The molecule has 1 heterocycles. The molecule has 1 N–H and O–H groups in total. The third-order valence-corrected chi connectivity index (χ3v) is 6.82. The van der Waals surface area contributed by atoms with E-state index in [9.17, 15) is 9.59 Å². The van der Waals surface area contributed by atoms with Gasteiger partial charge in [0.05, 0.1) is 5.37 Å². The van der Waals surface area contributed by atoms with Gasteiger partial charge in [-0.2, -0.15) is 0 Å². The first-order valence-electron chi connectivity index (χ1n) is 9.78. The Labute approximate surface area is 161 Å². The number of nitrogens with zero attached hydrogens (tertiary/aromatic N) is 1. The Morgan fingerprint density at radius 3 is 2.38 bits per heavy atom. The highest BCUT2D eigenvalue weighted by Crippen LogP contribution is 2.41. The first-order chi connectivity index (χ1) is 12.5. The van der Waals surface area contributed by atoms with Crippen LogP contribution in [-0.2, 0) is 4.79 Å². The molecule has 1 saturated carbocycles. The number of rotatable bonds is 4. The van der Waals surface area contributed by atoms with Gasteiger partial charge in [0.15, 0.2) is 0 Å². The van der Waals surface area contributed by atoms with Crippen LogP contribution in [0.3, 0.4) is 0 Å². The normalized spacial score (nSPS) is 24.1. The molecule has 1 aliphatic carbocycles. The second kappa shape index (κ2) is 8.47. The monoisotopic (exact) mass is 374 g/mol. The standard InChI is InChI=1S/C21H30N2O2S/c1-14(2)22-19(24)18-13-26-21(17-7-5-4-6-8-17)23(18)20(25)16-11-9-15(3)10-12-16/h9-12,14,17-18,21H,4-8,13H2,1-3H3,(H,22,24)/t18-,21+/m0/s1. The predicted octanol–water partition coefficient (Wildman–Crippen LogP) is 3.98. The summed E-state index contributed by atoms with van der Waals surface area (Å²) >= 11 is 1.79. The number of benzene rings is 1. The van der Waals surface area contributed by atoms with Gasteiger partial charge in [0.2, 0.25) is 5.91 Å². The molecule has 142 valence electrons. The number of hydrogen-bond acceptors (Lipinski definition) is 3. The van der Waals surface area contributed by atoms with Crippen LogP contribution in [0, 0.1) is 12.8 Å². The molecule has 1 aliphatic heterocycles. The van der Waals surface area contributed by atoms with Gasteiger partial charge in [-0.05, 0) is 51.7 Å². The van der Waals surface area contributed by atoms with Gasteiger partial charge in [-0.1, -0.05) is 37.0 Å². The van der Waals surface area contributed by atoms with Crippen molar-refractivity contribution in [1.82, 2.24) is 10.2 Å². The molecule has 0 radical (unpaired) electrons. The lowest BCUT2D eigenvalue weighted by atomic mass is 9.88. The summed E-state index contributed by atoms with van der Waals surface area (Å²) in [7, 11) is 0. The fourth-order valence-corrected chi connectivity index (χ4v) is 5.63. The minimum absolute atomic E-state index is 0.00511. The lowest BCUT2D eigenvalue weighted by molar-refractivity contribution is -0.125. The number of thioether (sulfide) groups is 1. The molecular weight excluding hydrogens is 344 g/mol. The van der Waals surface area contributed by atoms with Crippen molar-refractivity contribution in [2.24, 2.45) is 5.92 Å². The zero-order chi connectivity index (χ0) is 18.7. The molecule has 0 spiro atoms. The molecule has 1 aromatic rings. The smallest absolute Gasteiger partial charge is 0.255 e. The van der Waals surface area contributed by atoms with Gasteiger partial charge in [0.25, 0.3) is 5.91 Å². The van der Waals surface area contributed by atoms with E-state index in [0.29, 0.717) is 17.2 Å². The van der Waals surface area contributed by atoms with Crippen LogP contribution in [0.2, 0.25) is 0 Å². The van der Waals surface area contributed by atoms with E-state index in [1.165, 1.54) is 19.3 Å². The van der Waals surface area contributed by atoms with Crippen LogP contribution in [0.4, 0.5) is 0 Å². The molecule has 4 nitrogen and oxygen atoms in total. The van der Waals surface area contributed by atoms with Gasteiger partial charge >= 0.3 is 0 Å². The molecule has 2 fully saturated rings. The Kier molecular flexibility index (Phi) is 6.28. The number of aryl methyl sites for hydroxylation is 1. The van der Waals surface area contributed by atoms with Crippen molar-refractivity contribution in [2.75, 3.05) is 5.75 Å². The molecular formula is C21H30N2O2S. The molecule has 1 aromatic carbocycles. The molecule has 3 rings (SSSR count). The first-order valence-corrected chi connectivity index (χ1v) is 10.8. The molecule has 0 bridgehead atoms. The van der Waals surface area contributed by atoms with Gasteiger partial charge in [0.1, 0.15) is 6.04 Å². The van der Waals surface area contributed by atoms with Gasteiger partial charge in [0, 0.05) is 17.4 Å². The summed E-state index contributed by atoms with van der Waals surface area (Å²) in [5.74, 6) is 1.16. The molecule has 5 heteroatoms. The maximum absolute atomic E-state index is 13.3. The fourth-order valence-electron chi connectivity index (χ4n) is 4.00. The van der Waals surface area contributed by atoms with Crippen LogP contribution in [-0.4, -0.2) is 39.9 Å². The molecule has 1 saturated heterocycles. The lowest BCUT2D eigenvalue weighted by Gasteiger charge is -2.35. The summed E-state index contributed by atoms with van der Waals surface area (Å²) in [4.78, 5) is 28.0. The third-order valence-electron chi connectivity index (χ3n) is 5.35. The van der Waals surface area contributed by atoms with Crippen molar-refractivity contribution >= 4 is 23.6 Å². The van der Waals surface area contributed by atoms with E-state index < -0.39 is 0 Å². The van der Waals surface area contributed by atoms with E-state index in [4.69, 9.17) is 0 Å². The number of nitrogens with one attached hydrogen (secondary N) is 1. The van der Waals surface area contributed by atoms with Crippen molar-refractivity contribution < 1.29 is 9.59 Å². The molecule has 26 heavy (non-hydrogen) atoms. The zero-order valence-electron chi connectivity index (χ0n) is 16.0. The summed E-state index contributed by atoms with van der Waals surface area (Å²) in [6, 6.07) is 7.41. The van der Waals surface area contributed by atoms with Crippen LogP contribution < -0.4 is 5.32 Å². The highest BCUT2D eigenvalue weighted by atomic mass is 32.2. The van der Waals surface area contributed by atoms with E-state index in [1.807, 2.05) is 49.9 Å². The number of carbonyl (C=O) groups is 2. The number of carbonyl (C=O) groups excluding carboxylic acids is 2. The second-order valence-corrected chi connectivity index (χ2v) is 9.03. The summed E-state index contributed by atoms with van der Waals surface area (Å²) in [6.07, 6.45) is 6.08. The minimum Gasteiger partial charge on any atom is -0.352 e. The molecule has 0 unspecified atom stereocenters. The Morgan fingerprint density at radius 1 is 1.12 bits per heavy atom. The molecule has 0 aromatic heterocycles. The number of amides is 2. The minimum atomic E-state index is -0.372. The summed E-state index contributed by atoms with van der Waals surface area (Å²) in [5, 5.41) is 3.13. The van der Waals surface area contributed by atoms with Crippen LogP contribution in [0.5, 0.6) is 0 Å². The van der Waals surface area contributed by atoms with Gasteiger partial charge in [-0.3, -0.25) is 9.59 Å². The van der Waals surface area contributed by atoms with Crippen molar-refractivity contribution in [2.45, 2.75) is 70.3 Å². The van der Waals surface area contributed by atoms with Crippen LogP contribution in [0.1, 0.15) is 61.9 Å². The van der Waals surface area contributed by atoms with Crippen molar-refractivity contribution in [3.05, 3.63) is 35.4 Å². The molecule has 2 amide bonds. The molecule has 2 atom stereocenters. The largest absolute Gasteiger partial charge is 0.352 e. The molecule has 2 aliphatic rings. The first kappa shape index (κ1) is 19.3. The zero-order valence-corrected chi connectivity index (χ0v) is 16.8. The predicted molar refractivity (Wildman–Crippen MR) is 107 cm³/mol. The highest BCUT2D eigenvalue weighted by molar-refractivity contribution is 8.00. The van der Waals surface area contributed by atoms with E-state index in [2.05, 4.69) is 5.32 Å². The van der Waals surface area contributed by atoms with E-state index >= 15 is 0 Å². The maximum Gasteiger partial charge on any atom is 0.255 e. The van der Waals surface area contributed by atoms with Crippen LogP contribution in [0.15, 0.2) is 24.3 Å². The summed E-state index contributed by atoms with van der Waals surface area (Å²) in [5.41, 5.74) is 1.82. The van der Waals surface area contributed by atoms with E-state index in [-0.39, 0.29) is 29.3 Å². The van der Waals surface area contributed by atoms with Gasteiger partial charge in [-0.25, -0.2) is 0 Å². The summed E-state index contributed by atoms with van der Waals surface area (Å²) in [6.45, 7) is 5.94. The van der Waals surface area contributed by atoms with Crippen LogP contribution >= 0.6 is 11.8 Å². The Morgan fingerprint density at radius 2 is 1.77 bits per heavy atom. The SMILES string of the molecule is Cc1ccc(C(=O)N2[C@@H](C3CCCCC3)SC[C@H]2C(=O)NC(C)C)cc1. The maximum atomic E-state index is 13.3. The topological polar surface area (TPSA) is 49.4 Å². The van der Waals surface area contributed by atoms with E-state index in [0.717, 1.165) is 18.4 Å². The fraction of sp³-hybridized carbons (Fsp3) is 0.619. The second-order valence-electron chi connectivity index (χ2n) is 7.88. The number of hydrogen-bond donors (Lipinski definition) is 1. The van der Waals surface area contributed by atoms with Crippen LogP contribution in [0.25, 0.3) is 0 Å². The van der Waals surface area contributed by atoms with Crippen molar-refractivity contribution in [3.63, 3.8) is 0 Å². The van der Waals surface area contributed by atoms with Crippen molar-refractivity contribution in [1.29, 1.82) is 0 Å². The third kappa shape index (κ3) is 4.25.